The zero-order valence-electron chi connectivity index (χ0n) is 9.22. The molecule has 2 rings (SSSR count). The van der Waals surface area contributed by atoms with Crippen LogP contribution in [-0.4, -0.2) is 30.5 Å². The van der Waals surface area contributed by atoms with Gasteiger partial charge in [-0.15, -0.1) is 0 Å². The van der Waals surface area contributed by atoms with Crippen LogP contribution in [-0.2, 0) is 14.3 Å². The number of halogens is 1. The zero-order valence-corrected chi connectivity index (χ0v) is 9.22. The van der Waals surface area contributed by atoms with Crippen molar-refractivity contribution in [3.05, 3.63) is 24.1 Å². The molecule has 2 heterocycles. The van der Waals surface area contributed by atoms with Crippen molar-refractivity contribution in [2.45, 2.75) is 6.42 Å². The molecular weight excluding hydrogens is 227 g/mol. The quantitative estimate of drug-likeness (QED) is 0.713. The molecule has 1 amide bonds. The standard InChI is InChI=1S/C11H11FN2O3/c1-17-11(16)7-5-9(15)14(6-7)10-8(12)3-2-4-13-10/h2-4,7H,5-6H2,1H3. The van der Waals surface area contributed by atoms with Gasteiger partial charge in [0.15, 0.2) is 11.6 Å². The number of hydrogen-bond donors (Lipinski definition) is 0. The van der Waals surface area contributed by atoms with Gasteiger partial charge in [0.05, 0.1) is 13.0 Å². The lowest BCUT2D eigenvalue weighted by Crippen LogP contribution is -2.27. The molecule has 1 atom stereocenters. The van der Waals surface area contributed by atoms with Gasteiger partial charge in [0, 0.05) is 19.2 Å². The Morgan fingerprint density at radius 2 is 2.41 bits per heavy atom. The number of amides is 1. The highest BCUT2D eigenvalue weighted by molar-refractivity contribution is 5.98. The minimum Gasteiger partial charge on any atom is -0.469 e. The summed E-state index contributed by atoms with van der Waals surface area (Å²) in [5, 5.41) is 0. The molecule has 0 bridgehead atoms. The number of ether oxygens (including phenoxy) is 1. The lowest BCUT2D eigenvalue weighted by Gasteiger charge is -2.15. The Balaban J connectivity index is 2.22. The Kier molecular flexibility index (Phi) is 3.03. The molecule has 1 aliphatic heterocycles. The predicted octanol–water partition coefficient (Wildman–Crippen LogP) is 0.747. The van der Waals surface area contributed by atoms with Crippen molar-refractivity contribution in [2.75, 3.05) is 18.6 Å². The molecule has 0 N–H and O–H groups in total. The molecule has 90 valence electrons. The molecule has 0 aromatic carbocycles. The van der Waals surface area contributed by atoms with Gasteiger partial charge in [0.2, 0.25) is 5.91 Å². The highest BCUT2D eigenvalue weighted by Gasteiger charge is 2.37. The number of anilines is 1. The van der Waals surface area contributed by atoms with Crippen molar-refractivity contribution >= 4 is 17.7 Å². The minimum atomic E-state index is -0.577. The fourth-order valence-electron chi connectivity index (χ4n) is 1.81. The van der Waals surface area contributed by atoms with Gasteiger partial charge in [0.25, 0.3) is 0 Å². The molecular formula is C11H11FN2O3. The van der Waals surface area contributed by atoms with Crippen LogP contribution in [0.4, 0.5) is 10.2 Å². The summed E-state index contributed by atoms with van der Waals surface area (Å²) in [6.45, 7) is 0.111. The lowest BCUT2D eigenvalue weighted by atomic mass is 10.1. The van der Waals surface area contributed by atoms with E-state index in [0.717, 1.165) is 0 Å². The molecule has 0 aliphatic carbocycles. The first-order valence-corrected chi connectivity index (χ1v) is 5.12. The second-order valence-electron chi connectivity index (χ2n) is 3.74. The van der Waals surface area contributed by atoms with Crippen molar-refractivity contribution in [3.8, 4) is 0 Å². The van der Waals surface area contributed by atoms with E-state index in [4.69, 9.17) is 0 Å². The predicted molar refractivity (Wildman–Crippen MR) is 56.7 cm³/mol. The first kappa shape index (κ1) is 11.5. The van der Waals surface area contributed by atoms with Gasteiger partial charge in [-0.1, -0.05) is 0 Å². The van der Waals surface area contributed by atoms with Crippen LogP contribution in [0.1, 0.15) is 6.42 Å². The van der Waals surface area contributed by atoms with E-state index in [-0.39, 0.29) is 24.7 Å². The first-order valence-electron chi connectivity index (χ1n) is 5.12. The van der Waals surface area contributed by atoms with E-state index in [9.17, 15) is 14.0 Å². The normalized spacial score (nSPS) is 19.5. The molecule has 1 saturated heterocycles. The van der Waals surface area contributed by atoms with Gasteiger partial charge in [-0.2, -0.15) is 0 Å². The SMILES string of the molecule is COC(=O)C1CC(=O)N(c2ncccc2F)C1. The number of pyridine rings is 1. The summed E-state index contributed by atoms with van der Waals surface area (Å²) in [4.78, 5) is 28.0. The van der Waals surface area contributed by atoms with E-state index in [1.807, 2.05) is 0 Å². The maximum absolute atomic E-state index is 13.5. The highest BCUT2D eigenvalue weighted by atomic mass is 19.1. The van der Waals surface area contributed by atoms with Crippen LogP contribution in [0.3, 0.4) is 0 Å². The topological polar surface area (TPSA) is 59.5 Å². The maximum atomic E-state index is 13.5. The number of rotatable bonds is 2. The van der Waals surface area contributed by atoms with Gasteiger partial charge in [-0.3, -0.25) is 14.5 Å². The van der Waals surface area contributed by atoms with E-state index in [2.05, 4.69) is 9.72 Å². The molecule has 1 fully saturated rings. The van der Waals surface area contributed by atoms with Crippen molar-refractivity contribution in [3.63, 3.8) is 0 Å². The second kappa shape index (κ2) is 4.48. The van der Waals surface area contributed by atoms with Crippen LogP contribution < -0.4 is 4.90 Å². The van der Waals surface area contributed by atoms with E-state index in [0.29, 0.717) is 0 Å². The molecule has 6 heteroatoms. The van der Waals surface area contributed by atoms with E-state index >= 15 is 0 Å². The maximum Gasteiger partial charge on any atom is 0.311 e. The molecule has 0 spiro atoms. The Bertz CT molecular complexity index is 464. The molecule has 1 aliphatic rings. The Labute approximate surface area is 97.2 Å². The number of carbonyl (C=O) groups is 2. The fourth-order valence-corrected chi connectivity index (χ4v) is 1.81. The lowest BCUT2D eigenvalue weighted by molar-refractivity contribution is -0.145. The molecule has 0 radical (unpaired) electrons. The van der Waals surface area contributed by atoms with Crippen molar-refractivity contribution < 1.29 is 18.7 Å². The van der Waals surface area contributed by atoms with Crippen LogP contribution in [0.25, 0.3) is 0 Å². The van der Waals surface area contributed by atoms with Crippen LogP contribution in [0.2, 0.25) is 0 Å². The summed E-state index contributed by atoms with van der Waals surface area (Å²) in [5.74, 6) is -1.95. The average molecular weight is 238 g/mol. The second-order valence-corrected chi connectivity index (χ2v) is 3.74. The Morgan fingerprint density at radius 3 is 3.06 bits per heavy atom. The molecule has 0 saturated carbocycles. The highest BCUT2D eigenvalue weighted by Crippen LogP contribution is 2.25. The van der Waals surface area contributed by atoms with Crippen LogP contribution in [0, 0.1) is 11.7 Å². The summed E-state index contributed by atoms with van der Waals surface area (Å²) in [6.07, 6.45) is 1.43. The third-order valence-corrected chi connectivity index (χ3v) is 2.65. The van der Waals surface area contributed by atoms with Crippen molar-refractivity contribution in [1.29, 1.82) is 0 Å². The third kappa shape index (κ3) is 2.11. The van der Waals surface area contributed by atoms with E-state index < -0.39 is 17.7 Å². The number of hydrogen-bond acceptors (Lipinski definition) is 4. The Hall–Kier alpha value is -1.98. The number of carbonyl (C=O) groups excluding carboxylic acids is 2. The average Bonchev–Trinajstić information content (AvgIpc) is 2.71. The Morgan fingerprint density at radius 1 is 1.65 bits per heavy atom. The van der Waals surface area contributed by atoms with E-state index in [1.165, 1.54) is 30.3 Å². The van der Waals surface area contributed by atoms with Crippen LogP contribution >= 0.6 is 0 Å². The smallest absolute Gasteiger partial charge is 0.311 e. The summed E-state index contributed by atoms with van der Waals surface area (Å²) >= 11 is 0. The summed E-state index contributed by atoms with van der Waals surface area (Å²) in [7, 11) is 1.26. The number of esters is 1. The van der Waals surface area contributed by atoms with Crippen LogP contribution in [0.15, 0.2) is 18.3 Å². The molecule has 1 aromatic rings. The zero-order chi connectivity index (χ0) is 12.4. The summed E-state index contributed by atoms with van der Waals surface area (Å²) in [5.41, 5.74) is 0. The van der Waals surface area contributed by atoms with Gasteiger partial charge < -0.3 is 4.74 Å². The molecule has 1 unspecified atom stereocenters. The molecule has 5 nitrogen and oxygen atoms in total. The van der Waals surface area contributed by atoms with Gasteiger partial charge >= 0.3 is 5.97 Å². The minimum absolute atomic E-state index is 0.0304. The van der Waals surface area contributed by atoms with Crippen LogP contribution in [0.5, 0.6) is 0 Å². The van der Waals surface area contributed by atoms with Gasteiger partial charge in [-0.05, 0) is 12.1 Å². The number of aromatic nitrogens is 1. The third-order valence-electron chi connectivity index (χ3n) is 2.65. The van der Waals surface area contributed by atoms with Gasteiger partial charge in [0.1, 0.15) is 0 Å². The summed E-state index contributed by atoms with van der Waals surface area (Å²) in [6, 6.07) is 2.66. The van der Waals surface area contributed by atoms with Gasteiger partial charge in [-0.25, -0.2) is 9.37 Å². The number of nitrogens with zero attached hydrogens (tertiary/aromatic N) is 2. The fraction of sp³-hybridized carbons (Fsp3) is 0.364. The molecule has 17 heavy (non-hydrogen) atoms. The molecule has 1 aromatic heterocycles. The van der Waals surface area contributed by atoms with Crippen molar-refractivity contribution in [1.82, 2.24) is 4.98 Å². The summed E-state index contributed by atoms with van der Waals surface area (Å²) < 4.78 is 18.0. The monoisotopic (exact) mass is 238 g/mol. The van der Waals surface area contributed by atoms with Crippen molar-refractivity contribution in [2.24, 2.45) is 5.92 Å². The number of methoxy groups -OCH3 is 1. The largest absolute Gasteiger partial charge is 0.469 e. The first-order chi connectivity index (χ1) is 8.13. The van der Waals surface area contributed by atoms with E-state index in [1.54, 1.807) is 0 Å².